The average molecular weight is 410 g/mol. The maximum Gasteiger partial charge on any atom is 0.422 e. The van der Waals surface area contributed by atoms with Crippen molar-refractivity contribution in [2.45, 2.75) is 44.7 Å². The largest absolute Gasteiger partial charge is 0.481 e. The third-order valence-corrected chi connectivity index (χ3v) is 5.37. The first kappa shape index (κ1) is 21.3. The molecule has 0 aliphatic heterocycles. The van der Waals surface area contributed by atoms with Gasteiger partial charge in [-0.25, -0.2) is 4.39 Å². The summed E-state index contributed by atoms with van der Waals surface area (Å²) in [4.78, 5) is 0. The molecule has 1 nitrogen and oxygen atoms in total. The second-order valence-electron chi connectivity index (χ2n) is 7.40. The van der Waals surface area contributed by atoms with Gasteiger partial charge in [-0.15, -0.1) is 0 Å². The summed E-state index contributed by atoms with van der Waals surface area (Å²) in [6.45, 7) is 0.357. The molecule has 0 atom stereocenters. The molecule has 0 saturated heterocycles. The van der Waals surface area contributed by atoms with Gasteiger partial charge in [0.1, 0.15) is 0 Å². The predicted molar refractivity (Wildman–Crippen MR) is 103 cm³/mol. The van der Waals surface area contributed by atoms with Crippen LogP contribution in [0.4, 0.5) is 22.0 Å². The van der Waals surface area contributed by atoms with Gasteiger partial charge < -0.3 is 4.74 Å². The number of benzene rings is 2. The van der Waals surface area contributed by atoms with Gasteiger partial charge in [0.15, 0.2) is 18.2 Å². The fourth-order valence-corrected chi connectivity index (χ4v) is 3.88. The Bertz CT molecular complexity index is 847. The molecular weight excluding hydrogens is 387 g/mol. The maximum atomic E-state index is 14.4. The Morgan fingerprint density at radius 2 is 1.59 bits per heavy atom. The fraction of sp³-hybridized carbons (Fsp3) is 0.391. The minimum atomic E-state index is -4.62. The highest BCUT2D eigenvalue weighted by Gasteiger charge is 2.29. The van der Waals surface area contributed by atoms with Gasteiger partial charge >= 0.3 is 6.18 Å². The van der Waals surface area contributed by atoms with Gasteiger partial charge in [-0.3, -0.25) is 0 Å². The lowest BCUT2D eigenvalue weighted by Gasteiger charge is -2.27. The molecule has 0 unspecified atom stereocenters. The molecule has 1 fully saturated rings. The summed E-state index contributed by atoms with van der Waals surface area (Å²) >= 11 is 0. The molecule has 1 aliphatic carbocycles. The number of rotatable bonds is 5. The van der Waals surface area contributed by atoms with Crippen molar-refractivity contribution < 1.29 is 26.7 Å². The number of ether oxygens (including phenoxy) is 1. The van der Waals surface area contributed by atoms with Crippen molar-refractivity contribution in [3.8, 4) is 16.9 Å². The first-order valence-corrected chi connectivity index (χ1v) is 9.69. The van der Waals surface area contributed by atoms with Crippen LogP contribution in [-0.2, 0) is 0 Å². The lowest BCUT2D eigenvalue weighted by Crippen LogP contribution is -2.19. The minimum Gasteiger partial charge on any atom is -0.481 e. The zero-order chi connectivity index (χ0) is 21.0. The van der Waals surface area contributed by atoms with Crippen LogP contribution in [0.3, 0.4) is 0 Å². The van der Waals surface area contributed by atoms with E-state index in [9.17, 15) is 22.0 Å². The van der Waals surface area contributed by atoms with Crippen molar-refractivity contribution in [2.75, 3.05) is 6.61 Å². The summed E-state index contributed by atoms with van der Waals surface area (Å²) in [5.74, 6) is -2.31. The summed E-state index contributed by atoms with van der Waals surface area (Å²) in [6.07, 6.45) is 4.16. The van der Waals surface area contributed by atoms with Crippen LogP contribution in [0.25, 0.3) is 11.1 Å². The van der Waals surface area contributed by atoms with E-state index < -0.39 is 30.2 Å². The summed E-state index contributed by atoms with van der Waals surface area (Å²) in [7, 11) is 0. The van der Waals surface area contributed by atoms with Crippen molar-refractivity contribution in [2.24, 2.45) is 5.92 Å². The zero-order valence-corrected chi connectivity index (χ0v) is 16.1. The molecule has 2 aromatic carbocycles. The molecule has 0 amide bonds. The molecule has 0 heterocycles. The van der Waals surface area contributed by atoms with Crippen LogP contribution < -0.4 is 4.74 Å². The van der Waals surface area contributed by atoms with Crippen LogP contribution in [0, 0.1) is 17.6 Å². The first-order chi connectivity index (χ1) is 13.8. The quantitative estimate of drug-likeness (QED) is 0.368. The van der Waals surface area contributed by atoms with Crippen molar-refractivity contribution in [3.05, 3.63) is 65.7 Å². The second kappa shape index (κ2) is 8.97. The van der Waals surface area contributed by atoms with E-state index in [2.05, 4.69) is 16.9 Å². The molecule has 0 spiro atoms. The lowest BCUT2D eigenvalue weighted by atomic mass is 9.78. The van der Waals surface area contributed by atoms with Gasteiger partial charge in [-0.2, -0.15) is 17.6 Å². The van der Waals surface area contributed by atoms with Crippen LogP contribution in [0.5, 0.6) is 5.75 Å². The van der Waals surface area contributed by atoms with E-state index in [1.165, 1.54) is 11.6 Å². The van der Waals surface area contributed by atoms with E-state index in [0.717, 1.165) is 31.7 Å². The Hall–Kier alpha value is -2.37. The molecule has 2 aromatic rings. The number of hydrogen-bond acceptors (Lipinski definition) is 1. The first-order valence-electron chi connectivity index (χ1n) is 9.69. The highest BCUT2D eigenvalue weighted by atomic mass is 19.4. The van der Waals surface area contributed by atoms with E-state index >= 15 is 0 Å². The Labute approximate surface area is 167 Å². The Balaban J connectivity index is 1.72. The molecule has 156 valence electrons. The normalized spacial score (nSPS) is 20.2. The topological polar surface area (TPSA) is 9.23 Å². The number of allylic oxidation sites excluding steroid dienone is 2. The lowest BCUT2D eigenvalue weighted by molar-refractivity contribution is -0.153. The van der Waals surface area contributed by atoms with E-state index in [0.29, 0.717) is 17.4 Å². The van der Waals surface area contributed by atoms with Gasteiger partial charge in [0.2, 0.25) is 5.82 Å². The molecule has 0 radical (unpaired) electrons. The van der Waals surface area contributed by atoms with Crippen LogP contribution in [-0.4, -0.2) is 12.8 Å². The molecule has 0 N–H and O–H groups in total. The van der Waals surface area contributed by atoms with E-state index in [4.69, 9.17) is 0 Å². The second-order valence-corrected chi connectivity index (χ2v) is 7.40. The SMILES string of the molecule is C/C=C/C1CCC(c2ccc(-c3ccc(OCC(F)(F)F)c(F)c3F)cc2)CC1. The highest BCUT2D eigenvalue weighted by Crippen LogP contribution is 2.37. The van der Waals surface area contributed by atoms with Gasteiger partial charge in [-0.1, -0.05) is 36.4 Å². The standard InChI is InChI=1S/C23H23F5O/c1-2-3-15-4-6-16(7-5-15)17-8-10-18(11-9-17)19-12-13-20(22(25)21(19)24)29-14-23(26,27)28/h2-3,8-13,15-16H,4-7,14H2,1H3/b3-2+. The van der Waals surface area contributed by atoms with E-state index in [1.54, 1.807) is 12.1 Å². The molecule has 29 heavy (non-hydrogen) atoms. The summed E-state index contributed by atoms with van der Waals surface area (Å²) in [5, 5.41) is 0. The van der Waals surface area contributed by atoms with E-state index in [-0.39, 0.29) is 5.56 Å². The van der Waals surface area contributed by atoms with Crippen LogP contribution in [0.2, 0.25) is 0 Å². The van der Waals surface area contributed by atoms with E-state index in [1.807, 2.05) is 19.1 Å². The monoisotopic (exact) mass is 410 g/mol. The van der Waals surface area contributed by atoms with Crippen LogP contribution >= 0.6 is 0 Å². The minimum absolute atomic E-state index is 0.00907. The molecule has 1 aliphatic rings. The molecule has 3 rings (SSSR count). The molecule has 1 saturated carbocycles. The molecule has 0 bridgehead atoms. The Kier molecular flexibility index (Phi) is 6.60. The Morgan fingerprint density at radius 3 is 2.17 bits per heavy atom. The summed E-state index contributed by atoms with van der Waals surface area (Å²) < 4.78 is 69.5. The zero-order valence-electron chi connectivity index (χ0n) is 16.1. The number of halogens is 5. The van der Waals surface area contributed by atoms with Gasteiger partial charge in [0.25, 0.3) is 0 Å². The van der Waals surface area contributed by atoms with Crippen LogP contribution in [0.15, 0.2) is 48.6 Å². The average Bonchev–Trinajstić information content (AvgIpc) is 2.70. The molecular formula is C23H23F5O. The summed E-state index contributed by atoms with van der Waals surface area (Å²) in [6, 6.07) is 9.54. The molecule has 6 heteroatoms. The maximum absolute atomic E-state index is 14.4. The van der Waals surface area contributed by atoms with Crippen LogP contribution in [0.1, 0.15) is 44.1 Å². The fourth-order valence-electron chi connectivity index (χ4n) is 3.88. The van der Waals surface area contributed by atoms with Crippen molar-refractivity contribution >= 4 is 0 Å². The summed E-state index contributed by atoms with van der Waals surface area (Å²) in [5.41, 5.74) is 1.62. The smallest absolute Gasteiger partial charge is 0.422 e. The number of hydrogen-bond donors (Lipinski definition) is 0. The van der Waals surface area contributed by atoms with Crippen molar-refractivity contribution in [1.82, 2.24) is 0 Å². The Morgan fingerprint density at radius 1 is 0.931 bits per heavy atom. The number of alkyl halides is 3. The third kappa shape index (κ3) is 5.37. The van der Waals surface area contributed by atoms with Gasteiger partial charge in [-0.05, 0) is 67.7 Å². The van der Waals surface area contributed by atoms with Gasteiger partial charge in [0, 0.05) is 5.56 Å². The van der Waals surface area contributed by atoms with Crippen molar-refractivity contribution in [3.63, 3.8) is 0 Å². The van der Waals surface area contributed by atoms with Crippen molar-refractivity contribution in [1.29, 1.82) is 0 Å². The van der Waals surface area contributed by atoms with Gasteiger partial charge in [0.05, 0.1) is 0 Å². The molecule has 0 aromatic heterocycles. The predicted octanol–water partition coefficient (Wildman–Crippen LogP) is 7.42. The third-order valence-electron chi connectivity index (χ3n) is 5.37. The highest BCUT2D eigenvalue weighted by molar-refractivity contribution is 5.65.